The van der Waals surface area contributed by atoms with Crippen LogP contribution in [0.3, 0.4) is 0 Å². The molecular weight excluding hydrogens is 258 g/mol. The Morgan fingerprint density at radius 3 is 2.72 bits per heavy atom. The lowest BCUT2D eigenvalue weighted by molar-refractivity contribution is 0.167. The molecule has 1 atom stereocenters. The average molecular weight is 273 g/mol. The van der Waals surface area contributed by atoms with Gasteiger partial charge in [0.25, 0.3) is 5.88 Å². The molecule has 0 aliphatic carbocycles. The van der Waals surface area contributed by atoms with Crippen molar-refractivity contribution in [3.05, 3.63) is 12.0 Å². The third kappa shape index (κ3) is 4.04. The number of hydrogen-bond acceptors (Lipinski definition) is 6. The number of ether oxygens (including phenoxy) is 2. The van der Waals surface area contributed by atoms with Crippen LogP contribution in [0.25, 0.3) is 0 Å². The third-order valence-electron chi connectivity index (χ3n) is 1.87. The molecule has 7 nitrogen and oxygen atoms in total. The fourth-order valence-electron chi connectivity index (χ4n) is 1.03. The first kappa shape index (κ1) is 14.5. The summed E-state index contributed by atoms with van der Waals surface area (Å²) in [6.45, 7) is 0. The number of amides is 1. The molecule has 8 heteroatoms. The van der Waals surface area contributed by atoms with Crippen LogP contribution in [0.1, 0.15) is 5.82 Å². The van der Waals surface area contributed by atoms with Gasteiger partial charge in [0.15, 0.2) is 17.3 Å². The topological polar surface area (TPSA) is 87.6 Å². The predicted molar refractivity (Wildman–Crippen MR) is 66.1 cm³/mol. The molecule has 1 aromatic heterocycles. The summed E-state index contributed by atoms with van der Waals surface area (Å²) in [6.07, 6.45) is 2.35. The van der Waals surface area contributed by atoms with Gasteiger partial charge in [-0.2, -0.15) is 4.98 Å². The highest BCUT2D eigenvalue weighted by Crippen LogP contribution is 2.23. The van der Waals surface area contributed by atoms with Crippen molar-refractivity contribution in [2.24, 2.45) is 0 Å². The number of methoxy groups -OCH3 is 1. The van der Waals surface area contributed by atoms with Crippen molar-refractivity contribution in [1.82, 2.24) is 14.9 Å². The van der Waals surface area contributed by atoms with Crippen molar-refractivity contribution in [3.8, 4) is 11.6 Å². The summed E-state index contributed by atoms with van der Waals surface area (Å²) in [4.78, 5) is 20.7. The van der Waals surface area contributed by atoms with Crippen LogP contribution in [0.5, 0.6) is 11.6 Å². The van der Waals surface area contributed by atoms with Gasteiger partial charge in [-0.05, 0) is 11.2 Å². The molecule has 100 valence electrons. The van der Waals surface area contributed by atoms with Crippen molar-refractivity contribution in [2.45, 2.75) is 5.75 Å². The number of hydrogen-bond donors (Lipinski definition) is 0. The molecule has 0 aromatic carbocycles. The Kier molecular flexibility index (Phi) is 5.17. The van der Waals surface area contributed by atoms with Gasteiger partial charge in [-0.15, -0.1) is 0 Å². The van der Waals surface area contributed by atoms with Crippen molar-refractivity contribution >= 4 is 17.3 Å². The van der Waals surface area contributed by atoms with Gasteiger partial charge in [0, 0.05) is 14.1 Å². The van der Waals surface area contributed by atoms with E-state index in [-0.39, 0.29) is 17.4 Å². The first-order chi connectivity index (χ1) is 8.43. The van der Waals surface area contributed by atoms with Crippen LogP contribution in [-0.4, -0.2) is 53.0 Å². The van der Waals surface area contributed by atoms with Gasteiger partial charge >= 0.3 is 6.09 Å². The molecule has 0 saturated heterocycles. The summed E-state index contributed by atoms with van der Waals surface area (Å²) in [5, 5.41) is 0. The van der Waals surface area contributed by atoms with Crippen LogP contribution < -0.4 is 9.47 Å². The largest absolute Gasteiger partial charge is 0.616 e. The minimum absolute atomic E-state index is 0.0200. The fourth-order valence-corrected chi connectivity index (χ4v) is 1.53. The van der Waals surface area contributed by atoms with Crippen LogP contribution in [0.4, 0.5) is 4.79 Å². The van der Waals surface area contributed by atoms with E-state index < -0.39 is 17.3 Å². The highest BCUT2D eigenvalue weighted by atomic mass is 32.2. The second-order valence-electron chi connectivity index (χ2n) is 3.64. The van der Waals surface area contributed by atoms with E-state index in [1.165, 1.54) is 18.2 Å². The zero-order chi connectivity index (χ0) is 13.7. The highest BCUT2D eigenvalue weighted by Gasteiger charge is 2.16. The molecule has 0 spiro atoms. The highest BCUT2D eigenvalue weighted by molar-refractivity contribution is 7.89. The molecule has 1 unspecified atom stereocenters. The molecule has 0 aliphatic rings. The molecule has 1 heterocycles. The molecule has 0 fully saturated rings. The molecular formula is C10H15N3O4S. The summed E-state index contributed by atoms with van der Waals surface area (Å²) in [5.41, 5.74) is 0. The second-order valence-corrected chi connectivity index (χ2v) is 5.07. The lowest BCUT2D eigenvalue weighted by Gasteiger charge is -2.12. The Balaban J connectivity index is 2.95. The zero-order valence-electron chi connectivity index (χ0n) is 10.7. The van der Waals surface area contributed by atoms with E-state index in [9.17, 15) is 9.35 Å². The van der Waals surface area contributed by atoms with E-state index in [0.29, 0.717) is 5.82 Å². The first-order valence-corrected chi connectivity index (χ1v) is 6.75. The summed E-state index contributed by atoms with van der Waals surface area (Å²) in [6, 6.07) is 0. The van der Waals surface area contributed by atoms with E-state index in [1.54, 1.807) is 20.4 Å². The lowest BCUT2D eigenvalue weighted by atomic mass is 10.5. The van der Waals surface area contributed by atoms with Crippen LogP contribution in [0.2, 0.25) is 0 Å². The molecule has 1 rings (SSSR count). The SMILES string of the molecule is COc1cnc(C[S+](C)[O-])nc1OC(=O)N(C)C. The molecule has 0 saturated carbocycles. The van der Waals surface area contributed by atoms with Crippen molar-refractivity contribution < 1.29 is 18.8 Å². The molecule has 1 amide bonds. The average Bonchev–Trinajstić information content (AvgIpc) is 2.28. The molecule has 0 N–H and O–H groups in total. The summed E-state index contributed by atoms with van der Waals surface area (Å²) >= 11 is -1.07. The van der Waals surface area contributed by atoms with Gasteiger partial charge in [-0.25, -0.2) is 9.78 Å². The Labute approximate surface area is 108 Å². The summed E-state index contributed by atoms with van der Waals surface area (Å²) < 4.78 is 21.1. The van der Waals surface area contributed by atoms with Gasteiger partial charge in [-0.3, -0.25) is 0 Å². The van der Waals surface area contributed by atoms with Gasteiger partial charge in [0.2, 0.25) is 0 Å². The predicted octanol–water partition coefficient (Wildman–Crippen LogP) is 0.424. The van der Waals surface area contributed by atoms with Crippen molar-refractivity contribution in [3.63, 3.8) is 0 Å². The minimum atomic E-state index is -1.07. The Morgan fingerprint density at radius 2 is 2.22 bits per heavy atom. The van der Waals surface area contributed by atoms with E-state index in [1.807, 2.05) is 0 Å². The fraction of sp³-hybridized carbons (Fsp3) is 0.500. The smallest absolute Gasteiger partial charge is 0.416 e. The van der Waals surface area contributed by atoms with Gasteiger partial charge in [0.1, 0.15) is 0 Å². The Morgan fingerprint density at radius 1 is 1.56 bits per heavy atom. The van der Waals surface area contributed by atoms with Gasteiger partial charge in [-0.1, -0.05) is 0 Å². The first-order valence-electron chi connectivity index (χ1n) is 5.03. The van der Waals surface area contributed by atoms with E-state index in [0.717, 1.165) is 0 Å². The Hall–Kier alpha value is -1.54. The van der Waals surface area contributed by atoms with Crippen LogP contribution in [-0.2, 0) is 16.9 Å². The molecule has 0 radical (unpaired) electrons. The minimum Gasteiger partial charge on any atom is -0.616 e. The standard InChI is InChI=1S/C10H15N3O4S/c1-13(2)10(14)17-9-7(16-3)5-11-8(12-9)6-18(4)15/h5H,6H2,1-4H3. The number of nitrogens with zero attached hydrogens (tertiary/aromatic N) is 3. The van der Waals surface area contributed by atoms with Crippen molar-refractivity contribution in [2.75, 3.05) is 27.5 Å². The summed E-state index contributed by atoms with van der Waals surface area (Å²) in [5.74, 6) is 0.789. The Bertz CT molecular complexity index is 426. The van der Waals surface area contributed by atoms with E-state index >= 15 is 0 Å². The van der Waals surface area contributed by atoms with Crippen LogP contribution in [0, 0.1) is 0 Å². The van der Waals surface area contributed by atoms with Gasteiger partial charge in [0.05, 0.1) is 19.6 Å². The maximum Gasteiger partial charge on any atom is 0.416 e. The number of carbonyl (C=O) groups excluding carboxylic acids is 1. The van der Waals surface area contributed by atoms with Gasteiger partial charge < -0.3 is 18.9 Å². The van der Waals surface area contributed by atoms with Crippen LogP contribution in [0.15, 0.2) is 6.20 Å². The molecule has 0 aliphatic heterocycles. The van der Waals surface area contributed by atoms with E-state index in [2.05, 4.69) is 9.97 Å². The molecule has 0 bridgehead atoms. The second kappa shape index (κ2) is 6.41. The van der Waals surface area contributed by atoms with Crippen molar-refractivity contribution in [1.29, 1.82) is 0 Å². The molecule has 1 aromatic rings. The molecule has 18 heavy (non-hydrogen) atoms. The normalized spacial score (nSPS) is 11.8. The summed E-state index contributed by atoms with van der Waals surface area (Å²) in [7, 11) is 4.53. The monoisotopic (exact) mass is 273 g/mol. The number of carbonyl (C=O) groups is 1. The third-order valence-corrected chi connectivity index (χ3v) is 2.54. The number of rotatable bonds is 4. The number of aromatic nitrogens is 2. The van der Waals surface area contributed by atoms with Crippen LogP contribution >= 0.6 is 0 Å². The quantitative estimate of drug-likeness (QED) is 0.739. The van der Waals surface area contributed by atoms with E-state index in [4.69, 9.17) is 9.47 Å². The lowest BCUT2D eigenvalue weighted by Crippen LogP contribution is -2.26. The zero-order valence-corrected chi connectivity index (χ0v) is 11.5. The maximum absolute atomic E-state index is 11.4. The maximum atomic E-state index is 11.4.